The SMILES string of the molecule is Cc1ccc(C(O)=C2C(=O)C(=O)N(c3nc4ccc(C)cc4s3)[C@@H]2c2ccccc2F)cc1. The Morgan fingerprint density at radius 2 is 1.70 bits per heavy atom. The van der Waals surface area contributed by atoms with E-state index in [4.69, 9.17) is 0 Å². The van der Waals surface area contributed by atoms with Gasteiger partial charge in [-0.1, -0.05) is 65.4 Å². The number of carbonyl (C=O) groups is 2. The van der Waals surface area contributed by atoms with Crippen LogP contribution in [0.5, 0.6) is 0 Å². The number of aryl methyl sites for hydroxylation is 2. The molecule has 7 heteroatoms. The number of hydrogen-bond acceptors (Lipinski definition) is 5. The molecule has 1 N–H and O–H groups in total. The van der Waals surface area contributed by atoms with Gasteiger partial charge in [-0.3, -0.25) is 14.5 Å². The molecule has 0 saturated carbocycles. The van der Waals surface area contributed by atoms with Crippen LogP contribution in [0.2, 0.25) is 0 Å². The van der Waals surface area contributed by atoms with Crippen molar-refractivity contribution in [1.82, 2.24) is 4.98 Å². The first-order valence-electron chi connectivity index (χ1n) is 10.3. The van der Waals surface area contributed by atoms with Gasteiger partial charge in [0.25, 0.3) is 5.78 Å². The zero-order valence-corrected chi connectivity index (χ0v) is 18.7. The van der Waals surface area contributed by atoms with Crippen LogP contribution in [0.25, 0.3) is 16.0 Å². The Labute approximate surface area is 193 Å². The average Bonchev–Trinajstić information content (AvgIpc) is 3.32. The molecular formula is C26H19FN2O3S. The lowest BCUT2D eigenvalue weighted by atomic mass is 9.95. The number of carbonyl (C=O) groups excluding carboxylic acids is 2. The second-order valence-corrected chi connectivity index (χ2v) is 9.03. The summed E-state index contributed by atoms with van der Waals surface area (Å²) in [6.45, 7) is 3.85. The number of rotatable bonds is 3. The summed E-state index contributed by atoms with van der Waals surface area (Å²) in [4.78, 5) is 32.1. The number of benzene rings is 3. The van der Waals surface area contributed by atoms with Gasteiger partial charge >= 0.3 is 5.91 Å². The van der Waals surface area contributed by atoms with Crippen LogP contribution in [0.1, 0.15) is 28.3 Å². The highest BCUT2D eigenvalue weighted by molar-refractivity contribution is 7.22. The third-order valence-corrected chi connectivity index (χ3v) is 6.73. The summed E-state index contributed by atoms with van der Waals surface area (Å²) < 4.78 is 15.8. The van der Waals surface area contributed by atoms with Gasteiger partial charge in [0.2, 0.25) is 0 Å². The van der Waals surface area contributed by atoms with Crippen molar-refractivity contribution < 1.29 is 19.1 Å². The van der Waals surface area contributed by atoms with E-state index in [1.54, 1.807) is 30.3 Å². The van der Waals surface area contributed by atoms with Crippen molar-refractivity contribution in [2.75, 3.05) is 4.90 Å². The number of nitrogens with zero attached hydrogens (tertiary/aromatic N) is 2. The van der Waals surface area contributed by atoms with Gasteiger partial charge < -0.3 is 5.11 Å². The maximum atomic E-state index is 15.0. The van der Waals surface area contributed by atoms with Crippen LogP contribution in [0.4, 0.5) is 9.52 Å². The van der Waals surface area contributed by atoms with E-state index >= 15 is 0 Å². The van der Waals surface area contributed by atoms with Crippen molar-refractivity contribution in [2.24, 2.45) is 0 Å². The molecule has 0 radical (unpaired) electrons. The lowest BCUT2D eigenvalue weighted by Crippen LogP contribution is -2.29. The molecule has 1 atom stereocenters. The Balaban J connectivity index is 1.75. The van der Waals surface area contributed by atoms with Crippen LogP contribution in [0, 0.1) is 19.7 Å². The second kappa shape index (κ2) is 7.94. The summed E-state index contributed by atoms with van der Waals surface area (Å²) in [5.41, 5.74) is 3.01. The van der Waals surface area contributed by atoms with E-state index in [2.05, 4.69) is 4.98 Å². The normalized spacial score (nSPS) is 17.8. The Bertz CT molecular complexity index is 1460. The standard InChI is InChI=1S/C26H19FN2O3S/c1-14-7-10-16(11-8-14)23(30)21-22(17-5-3-4-6-18(17)27)29(25(32)24(21)31)26-28-19-12-9-15(2)13-20(19)33-26/h3-13,22,30H,1-2H3/t22-/m1/s1. The lowest BCUT2D eigenvalue weighted by Gasteiger charge is -2.23. The molecule has 2 heterocycles. The highest BCUT2D eigenvalue weighted by Gasteiger charge is 2.49. The van der Waals surface area contributed by atoms with E-state index in [1.165, 1.54) is 34.4 Å². The largest absolute Gasteiger partial charge is 0.507 e. The molecule has 4 aromatic rings. The molecule has 0 unspecified atom stereocenters. The summed E-state index contributed by atoms with van der Waals surface area (Å²) in [5, 5.41) is 11.4. The minimum atomic E-state index is -1.14. The molecule has 5 rings (SSSR count). The highest BCUT2D eigenvalue weighted by Crippen LogP contribution is 2.44. The Hall–Kier alpha value is -3.84. The van der Waals surface area contributed by atoms with Gasteiger partial charge in [0.15, 0.2) is 5.13 Å². The van der Waals surface area contributed by atoms with Crippen molar-refractivity contribution in [3.63, 3.8) is 0 Å². The van der Waals surface area contributed by atoms with Gasteiger partial charge in [-0.2, -0.15) is 0 Å². The number of ketones is 1. The third-order valence-electron chi connectivity index (χ3n) is 5.71. The number of fused-ring (bicyclic) bond motifs is 1. The van der Waals surface area contributed by atoms with Crippen LogP contribution < -0.4 is 4.90 Å². The van der Waals surface area contributed by atoms with Crippen LogP contribution in [-0.4, -0.2) is 21.8 Å². The molecule has 0 spiro atoms. The number of thiazole rings is 1. The number of hydrogen-bond donors (Lipinski definition) is 1. The fraction of sp³-hybridized carbons (Fsp3) is 0.115. The van der Waals surface area contributed by atoms with Crippen molar-refractivity contribution in [2.45, 2.75) is 19.9 Å². The molecule has 0 bridgehead atoms. The quantitative estimate of drug-likeness (QED) is 0.244. The molecule has 1 fully saturated rings. The first kappa shape index (κ1) is 21.0. The molecule has 1 saturated heterocycles. The molecule has 5 nitrogen and oxygen atoms in total. The maximum absolute atomic E-state index is 15.0. The molecule has 3 aromatic carbocycles. The second-order valence-electron chi connectivity index (χ2n) is 8.02. The molecule has 164 valence electrons. The fourth-order valence-corrected chi connectivity index (χ4v) is 5.10. The van der Waals surface area contributed by atoms with Gasteiger partial charge in [0.1, 0.15) is 17.6 Å². The van der Waals surface area contributed by atoms with Crippen molar-refractivity contribution in [3.05, 3.63) is 100 Å². The third kappa shape index (κ3) is 3.50. The van der Waals surface area contributed by atoms with Crippen LogP contribution in [0.3, 0.4) is 0 Å². The zero-order valence-electron chi connectivity index (χ0n) is 17.9. The van der Waals surface area contributed by atoms with Crippen LogP contribution in [-0.2, 0) is 9.59 Å². The minimum Gasteiger partial charge on any atom is -0.507 e. The van der Waals surface area contributed by atoms with Crippen LogP contribution >= 0.6 is 11.3 Å². The summed E-state index contributed by atoms with van der Waals surface area (Å²) >= 11 is 1.25. The molecular weight excluding hydrogens is 439 g/mol. The highest BCUT2D eigenvalue weighted by atomic mass is 32.1. The number of halogens is 1. The first-order chi connectivity index (χ1) is 15.8. The molecule has 1 aliphatic heterocycles. The number of anilines is 1. The lowest BCUT2D eigenvalue weighted by molar-refractivity contribution is -0.132. The van der Waals surface area contributed by atoms with Crippen molar-refractivity contribution in [3.8, 4) is 0 Å². The maximum Gasteiger partial charge on any atom is 0.301 e. The predicted octanol–water partition coefficient (Wildman–Crippen LogP) is 5.68. The summed E-state index contributed by atoms with van der Waals surface area (Å²) in [5.74, 6) is -2.66. The van der Waals surface area contributed by atoms with E-state index in [1.807, 2.05) is 32.0 Å². The monoisotopic (exact) mass is 458 g/mol. The fourth-order valence-electron chi connectivity index (χ4n) is 4.01. The van der Waals surface area contributed by atoms with Crippen LogP contribution in [0.15, 0.2) is 72.3 Å². The molecule has 1 aromatic heterocycles. The minimum absolute atomic E-state index is 0.112. The summed E-state index contributed by atoms with van der Waals surface area (Å²) in [6, 6.07) is 17.4. The molecule has 0 aliphatic carbocycles. The van der Waals surface area contributed by atoms with Gasteiger partial charge in [-0.15, -0.1) is 0 Å². The smallest absolute Gasteiger partial charge is 0.301 e. The number of amides is 1. The van der Waals surface area contributed by atoms with Gasteiger partial charge in [0, 0.05) is 11.1 Å². The van der Waals surface area contributed by atoms with E-state index in [-0.39, 0.29) is 22.0 Å². The number of aliphatic hydroxyl groups is 1. The average molecular weight is 459 g/mol. The van der Waals surface area contributed by atoms with Gasteiger partial charge in [-0.25, -0.2) is 9.37 Å². The van der Waals surface area contributed by atoms with E-state index in [9.17, 15) is 19.1 Å². The number of Topliss-reactive ketones (excluding diaryl/α,β-unsaturated/α-hetero) is 1. The number of aromatic nitrogens is 1. The van der Waals surface area contributed by atoms with Crippen molar-refractivity contribution in [1.29, 1.82) is 0 Å². The van der Waals surface area contributed by atoms with E-state index in [0.29, 0.717) is 11.1 Å². The molecule has 1 aliphatic rings. The summed E-state index contributed by atoms with van der Waals surface area (Å²) in [6.07, 6.45) is 0. The topological polar surface area (TPSA) is 70.5 Å². The van der Waals surface area contributed by atoms with Crippen molar-refractivity contribution >= 4 is 44.1 Å². The molecule has 33 heavy (non-hydrogen) atoms. The Morgan fingerprint density at radius 1 is 1.00 bits per heavy atom. The number of aliphatic hydroxyl groups excluding tert-OH is 1. The molecule has 1 amide bonds. The first-order valence-corrected chi connectivity index (χ1v) is 11.2. The summed E-state index contributed by atoms with van der Waals surface area (Å²) in [7, 11) is 0. The van der Waals surface area contributed by atoms with Gasteiger partial charge in [-0.05, 0) is 37.6 Å². The predicted molar refractivity (Wildman–Crippen MR) is 127 cm³/mol. The zero-order chi connectivity index (χ0) is 23.3. The van der Waals surface area contributed by atoms with E-state index < -0.39 is 23.5 Å². The van der Waals surface area contributed by atoms with Gasteiger partial charge in [0.05, 0.1) is 15.8 Å². The Kier molecular flexibility index (Phi) is 5.06. The van der Waals surface area contributed by atoms with E-state index in [0.717, 1.165) is 15.8 Å². The Morgan fingerprint density at radius 3 is 2.42 bits per heavy atom.